The van der Waals surface area contributed by atoms with Gasteiger partial charge in [0, 0.05) is 29.4 Å². The van der Waals surface area contributed by atoms with Crippen LogP contribution in [0, 0.1) is 12.8 Å². The summed E-state index contributed by atoms with van der Waals surface area (Å²) in [7, 11) is 1.65. The van der Waals surface area contributed by atoms with E-state index in [0.717, 1.165) is 59.3 Å². The van der Waals surface area contributed by atoms with Crippen LogP contribution in [0.1, 0.15) is 17.7 Å². The van der Waals surface area contributed by atoms with Crippen molar-refractivity contribution in [3.63, 3.8) is 0 Å². The molecule has 0 radical (unpaired) electrons. The van der Waals surface area contributed by atoms with E-state index in [2.05, 4.69) is 30.5 Å². The zero-order valence-electron chi connectivity index (χ0n) is 17.9. The molecule has 5 rings (SSSR count). The monoisotopic (exact) mass is 449 g/mol. The Morgan fingerprint density at radius 3 is 2.69 bits per heavy atom. The Morgan fingerprint density at radius 2 is 1.94 bits per heavy atom. The fourth-order valence-corrected chi connectivity index (χ4v) is 4.77. The van der Waals surface area contributed by atoms with Crippen LogP contribution in [0.25, 0.3) is 16.9 Å². The van der Waals surface area contributed by atoms with Gasteiger partial charge in [0.25, 0.3) is 0 Å². The molecular formula is C22H23N7O2S. The highest BCUT2D eigenvalue weighted by molar-refractivity contribution is 7.16. The Bertz CT molecular complexity index is 1240. The third-order valence-corrected chi connectivity index (χ3v) is 6.61. The molecule has 32 heavy (non-hydrogen) atoms. The third kappa shape index (κ3) is 4.01. The third-order valence-electron chi connectivity index (χ3n) is 5.73. The molecular weight excluding hydrogens is 426 g/mol. The number of aryl methyl sites for hydroxylation is 1. The lowest BCUT2D eigenvalue weighted by Crippen LogP contribution is -2.38. The molecule has 4 aromatic rings. The number of carbonyl (C=O) groups excluding carboxylic acids is 1. The summed E-state index contributed by atoms with van der Waals surface area (Å²) in [6.45, 7) is 3.56. The summed E-state index contributed by atoms with van der Waals surface area (Å²) < 4.78 is 6.89. The minimum atomic E-state index is -0.0430. The molecule has 3 aromatic heterocycles. The van der Waals surface area contributed by atoms with Crippen LogP contribution in [-0.2, 0) is 4.79 Å². The van der Waals surface area contributed by atoms with Crippen molar-refractivity contribution in [2.45, 2.75) is 19.8 Å². The van der Waals surface area contributed by atoms with Crippen LogP contribution < -0.4 is 15.0 Å². The Morgan fingerprint density at radius 1 is 1.16 bits per heavy atom. The number of amides is 1. The van der Waals surface area contributed by atoms with E-state index >= 15 is 0 Å². The molecule has 0 spiro atoms. The van der Waals surface area contributed by atoms with Crippen molar-refractivity contribution in [1.82, 2.24) is 24.8 Å². The molecule has 1 fully saturated rings. The quantitative estimate of drug-likeness (QED) is 0.499. The summed E-state index contributed by atoms with van der Waals surface area (Å²) in [5.41, 5.74) is 2.61. The van der Waals surface area contributed by atoms with Gasteiger partial charge < -0.3 is 15.0 Å². The smallest absolute Gasteiger partial charge is 0.229 e. The van der Waals surface area contributed by atoms with Gasteiger partial charge in [0.05, 0.1) is 12.8 Å². The van der Waals surface area contributed by atoms with Gasteiger partial charge in [-0.25, -0.2) is 4.98 Å². The van der Waals surface area contributed by atoms with E-state index in [1.54, 1.807) is 18.0 Å². The lowest BCUT2D eigenvalue weighted by molar-refractivity contribution is -0.120. The molecule has 0 bridgehead atoms. The van der Waals surface area contributed by atoms with Crippen LogP contribution in [0.5, 0.6) is 5.75 Å². The average Bonchev–Trinajstić information content (AvgIpc) is 3.44. The van der Waals surface area contributed by atoms with Crippen molar-refractivity contribution >= 4 is 33.8 Å². The second-order valence-corrected chi connectivity index (χ2v) is 8.93. The van der Waals surface area contributed by atoms with Gasteiger partial charge in [-0.05, 0) is 56.2 Å². The molecule has 0 atom stereocenters. The summed E-state index contributed by atoms with van der Waals surface area (Å²) in [5.74, 6) is 1.66. The fourth-order valence-electron chi connectivity index (χ4n) is 3.93. The summed E-state index contributed by atoms with van der Waals surface area (Å²) in [5, 5.41) is 16.1. The van der Waals surface area contributed by atoms with Gasteiger partial charge in [0.1, 0.15) is 17.9 Å². The van der Waals surface area contributed by atoms with Crippen LogP contribution >= 0.6 is 11.3 Å². The first-order valence-corrected chi connectivity index (χ1v) is 11.3. The number of hydrogen-bond donors (Lipinski definition) is 1. The maximum atomic E-state index is 12.9. The first-order valence-electron chi connectivity index (χ1n) is 10.5. The zero-order chi connectivity index (χ0) is 22.1. The molecule has 0 aliphatic carbocycles. The molecule has 1 aliphatic heterocycles. The van der Waals surface area contributed by atoms with Crippen LogP contribution in [0.2, 0.25) is 0 Å². The molecule has 0 unspecified atom stereocenters. The highest BCUT2D eigenvalue weighted by atomic mass is 32.1. The van der Waals surface area contributed by atoms with E-state index in [4.69, 9.17) is 4.74 Å². The van der Waals surface area contributed by atoms with Gasteiger partial charge in [0.2, 0.25) is 5.91 Å². The predicted octanol–water partition coefficient (Wildman–Crippen LogP) is 3.42. The number of aromatic nitrogens is 5. The van der Waals surface area contributed by atoms with Crippen LogP contribution in [-0.4, -0.2) is 50.9 Å². The Hall–Kier alpha value is -3.53. The second-order valence-electron chi connectivity index (χ2n) is 7.73. The van der Waals surface area contributed by atoms with Crippen molar-refractivity contribution < 1.29 is 9.53 Å². The fraction of sp³-hybridized carbons (Fsp3) is 0.318. The Kier molecular flexibility index (Phi) is 5.44. The maximum Gasteiger partial charge on any atom is 0.229 e. The number of ether oxygens (including phenoxy) is 1. The number of anilines is 2. The molecule has 164 valence electrons. The molecule has 10 heteroatoms. The second kappa shape index (κ2) is 8.54. The van der Waals surface area contributed by atoms with E-state index in [0.29, 0.717) is 5.13 Å². The Balaban J connectivity index is 1.21. The van der Waals surface area contributed by atoms with Gasteiger partial charge in [-0.3, -0.25) is 4.79 Å². The minimum absolute atomic E-state index is 0.0295. The SMILES string of the molecule is COc1ccc(-c2nc(NC(=O)C3CCN(c4ccc5nncn5n4)CC3)sc2C)cc1. The van der Waals surface area contributed by atoms with Crippen LogP contribution in [0.4, 0.5) is 10.9 Å². The van der Waals surface area contributed by atoms with E-state index in [-0.39, 0.29) is 11.8 Å². The predicted molar refractivity (Wildman–Crippen MR) is 123 cm³/mol. The van der Waals surface area contributed by atoms with Gasteiger partial charge >= 0.3 is 0 Å². The van der Waals surface area contributed by atoms with Gasteiger partial charge in [-0.15, -0.1) is 26.6 Å². The standard InChI is InChI=1S/C22H23N7O2S/c1-14-20(15-3-5-17(31-2)6-4-15)24-22(32-14)25-21(30)16-9-11-28(12-10-16)19-8-7-18-26-23-13-29(18)27-19/h3-8,13,16H,9-12H2,1-2H3,(H,24,25,30). The first-order chi connectivity index (χ1) is 15.6. The summed E-state index contributed by atoms with van der Waals surface area (Å²) >= 11 is 1.50. The first kappa shape index (κ1) is 20.4. The highest BCUT2D eigenvalue weighted by Gasteiger charge is 2.27. The molecule has 1 N–H and O–H groups in total. The number of hydrogen-bond acceptors (Lipinski definition) is 8. The number of thiazole rings is 1. The molecule has 9 nitrogen and oxygen atoms in total. The Labute approximate surface area is 189 Å². The molecule has 1 aliphatic rings. The number of benzene rings is 1. The van der Waals surface area contributed by atoms with E-state index in [1.165, 1.54) is 11.3 Å². The topological polar surface area (TPSA) is 97.5 Å². The number of piperidine rings is 1. The molecule has 4 heterocycles. The molecule has 0 saturated carbocycles. The number of methoxy groups -OCH3 is 1. The number of rotatable bonds is 5. The average molecular weight is 450 g/mol. The van der Waals surface area contributed by atoms with Crippen LogP contribution in [0.15, 0.2) is 42.7 Å². The van der Waals surface area contributed by atoms with E-state index in [1.807, 2.05) is 43.3 Å². The summed E-state index contributed by atoms with van der Waals surface area (Å²) in [6, 6.07) is 11.6. The van der Waals surface area contributed by atoms with E-state index < -0.39 is 0 Å². The van der Waals surface area contributed by atoms with Crippen molar-refractivity contribution in [2.24, 2.45) is 5.92 Å². The normalized spacial score (nSPS) is 14.6. The molecule has 1 amide bonds. The lowest BCUT2D eigenvalue weighted by atomic mass is 9.96. The molecule has 1 saturated heterocycles. The van der Waals surface area contributed by atoms with E-state index in [9.17, 15) is 4.79 Å². The molecule has 1 aromatic carbocycles. The van der Waals surface area contributed by atoms with Gasteiger partial charge in [0.15, 0.2) is 10.8 Å². The summed E-state index contributed by atoms with van der Waals surface area (Å²) in [6.07, 6.45) is 3.13. The van der Waals surface area contributed by atoms with Crippen LogP contribution in [0.3, 0.4) is 0 Å². The highest BCUT2D eigenvalue weighted by Crippen LogP contribution is 2.32. The minimum Gasteiger partial charge on any atom is -0.497 e. The van der Waals surface area contributed by atoms with Crippen molar-refractivity contribution in [3.05, 3.63) is 47.6 Å². The lowest BCUT2D eigenvalue weighted by Gasteiger charge is -2.31. The number of carbonyl (C=O) groups is 1. The number of nitrogens with zero attached hydrogens (tertiary/aromatic N) is 6. The van der Waals surface area contributed by atoms with Crippen molar-refractivity contribution in [3.8, 4) is 17.0 Å². The number of nitrogens with one attached hydrogen (secondary N) is 1. The maximum absolute atomic E-state index is 12.9. The van der Waals surface area contributed by atoms with Gasteiger partial charge in [-0.2, -0.15) is 4.52 Å². The van der Waals surface area contributed by atoms with Crippen molar-refractivity contribution in [2.75, 3.05) is 30.4 Å². The number of fused-ring (bicyclic) bond motifs is 1. The summed E-state index contributed by atoms with van der Waals surface area (Å²) in [4.78, 5) is 20.8. The van der Waals surface area contributed by atoms with Crippen molar-refractivity contribution in [1.29, 1.82) is 0 Å². The zero-order valence-corrected chi connectivity index (χ0v) is 18.7. The van der Waals surface area contributed by atoms with Gasteiger partial charge in [-0.1, -0.05) is 0 Å². The largest absolute Gasteiger partial charge is 0.497 e.